The molecule has 1 nitrogen and oxygen atoms in total. The van der Waals surface area contributed by atoms with Crippen LogP contribution in [0.3, 0.4) is 0 Å². The molecule has 2 saturated carbocycles. The summed E-state index contributed by atoms with van der Waals surface area (Å²) in [5.41, 5.74) is 0.188. The van der Waals surface area contributed by atoms with Gasteiger partial charge in [-0.15, -0.1) is 11.6 Å². The van der Waals surface area contributed by atoms with Crippen molar-refractivity contribution in [1.82, 2.24) is 0 Å². The van der Waals surface area contributed by atoms with Gasteiger partial charge in [0.2, 0.25) is 0 Å². The van der Waals surface area contributed by atoms with Crippen molar-refractivity contribution in [3.8, 4) is 0 Å². The average molecular weight is 231 g/mol. The van der Waals surface area contributed by atoms with Gasteiger partial charge in [0.25, 0.3) is 0 Å². The zero-order valence-electron chi connectivity index (χ0n) is 9.97. The molecule has 0 amide bonds. The van der Waals surface area contributed by atoms with Crippen LogP contribution in [-0.2, 0) is 4.74 Å². The molecule has 0 aromatic heterocycles. The molecular weight excluding hydrogens is 208 g/mol. The Morgan fingerprint density at radius 1 is 1.07 bits per heavy atom. The zero-order chi connectivity index (χ0) is 10.9. The maximum absolute atomic E-state index is 6.21. The molecule has 2 atom stereocenters. The first kappa shape index (κ1) is 11.7. The second kappa shape index (κ2) is 4.63. The van der Waals surface area contributed by atoms with Gasteiger partial charge >= 0.3 is 0 Å². The molecule has 2 aliphatic carbocycles. The van der Waals surface area contributed by atoms with E-state index in [9.17, 15) is 0 Å². The van der Waals surface area contributed by atoms with E-state index in [1.54, 1.807) is 0 Å². The van der Waals surface area contributed by atoms with Gasteiger partial charge in [0.05, 0.1) is 12.2 Å². The van der Waals surface area contributed by atoms with Crippen LogP contribution in [0, 0.1) is 5.41 Å². The fourth-order valence-electron chi connectivity index (χ4n) is 2.68. The minimum absolute atomic E-state index is 0.188. The first-order chi connectivity index (χ1) is 7.10. The van der Waals surface area contributed by atoms with E-state index in [0.717, 1.165) is 6.42 Å². The molecule has 15 heavy (non-hydrogen) atoms. The van der Waals surface area contributed by atoms with Gasteiger partial charge in [-0.05, 0) is 19.3 Å². The van der Waals surface area contributed by atoms with E-state index in [-0.39, 0.29) is 5.41 Å². The summed E-state index contributed by atoms with van der Waals surface area (Å²) in [4.78, 5) is 0. The van der Waals surface area contributed by atoms with E-state index in [4.69, 9.17) is 16.3 Å². The molecule has 0 N–H and O–H groups in total. The fraction of sp³-hybridized carbons (Fsp3) is 1.00. The summed E-state index contributed by atoms with van der Waals surface area (Å²) in [5.74, 6) is 0. The molecule has 0 aliphatic heterocycles. The molecule has 2 unspecified atom stereocenters. The highest BCUT2D eigenvalue weighted by atomic mass is 35.5. The Balaban J connectivity index is 1.81. The Hall–Kier alpha value is 0.250. The van der Waals surface area contributed by atoms with Crippen LogP contribution < -0.4 is 0 Å². The number of hydrogen-bond acceptors (Lipinski definition) is 1. The lowest BCUT2D eigenvalue weighted by Crippen LogP contribution is -2.53. The van der Waals surface area contributed by atoms with Gasteiger partial charge in [0.15, 0.2) is 0 Å². The van der Waals surface area contributed by atoms with Crippen molar-refractivity contribution in [2.75, 3.05) is 0 Å². The highest BCUT2D eigenvalue weighted by Crippen LogP contribution is 2.47. The summed E-state index contributed by atoms with van der Waals surface area (Å²) in [6.45, 7) is 4.46. The Morgan fingerprint density at radius 3 is 2.13 bits per heavy atom. The lowest BCUT2D eigenvalue weighted by molar-refractivity contribution is -0.127. The molecule has 88 valence electrons. The standard InChI is InChI=1S/C13H23ClO/c1-13(2)11(14)9-12(13)15-10-7-5-3-4-6-8-10/h10-12H,3-9H2,1-2H3. The molecule has 0 spiro atoms. The average Bonchev–Trinajstić information content (AvgIpc) is 2.46. The van der Waals surface area contributed by atoms with E-state index in [1.807, 2.05) is 0 Å². The summed E-state index contributed by atoms with van der Waals surface area (Å²) in [6, 6.07) is 0. The van der Waals surface area contributed by atoms with Crippen molar-refractivity contribution in [2.45, 2.75) is 76.4 Å². The molecule has 0 saturated heterocycles. The number of alkyl halides is 1. The Bertz CT molecular complexity index is 207. The van der Waals surface area contributed by atoms with E-state index in [2.05, 4.69) is 13.8 Å². The summed E-state index contributed by atoms with van der Waals surface area (Å²) in [7, 11) is 0. The summed E-state index contributed by atoms with van der Waals surface area (Å²) in [6.07, 6.45) is 9.98. The molecule has 2 heteroatoms. The number of ether oxygens (including phenoxy) is 1. The number of rotatable bonds is 2. The van der Waals surface area contributed by atoms with Crippen molar-refractivity contribution in [2.24, 2.45) is 5.41 Å². The summed E-state index contributed by atoms with van der Waals surface area (Å²) >= 11 is 6.21. The van der Waals surface area contributed by atoms with Crippen LogP contribution in [-0.4, -0.2) is 17.6 Å². The zero-order valence-corrected chi connectivity index (χ0v) is 10.7. The van der Waals surface area contributed by atoms with Gasteiger partial charge in [-0.2, -0.15) is 0 Å². The first-order valence-electron chi connectivity index (χ1n) is 6.40. The topological polar surface area (TPSA) is 9.23 Å². The van der Waals surface area contributed by atoms with Crippen LogP contribution in [0.5, 0.6) is 0 Å². The smallest absolute Gasteiger partial charge is 0.0658 e. The van der Waals surface area contributed by atoms with Gasteiger partial charge < -0.3 is 4.74 Å². The number of hydrogen-bond donors (Lipinski definition) is 0. The van der Waals surface area contributed by atoms with Gasteiger partial charge in [-0.1, -0.05) is 39.5 Å². The van der Waals surface area contributed by atoms with Gasteiger partial charge in [-0.3, -0.25) is 0 Å². The molecular formula is C13H23ClO. The molecule has 0 heterocycles. The van der Waals surface area contributed by atoms with Crippen LogP contribution in [0.2, 0.25) is 0 Å². The Kier molecular flexibility index (Phi) is 3.62. The minimum Gasteiger partial charge on any atom is -0.374 e. The second-order valence-corrected chi connectivity index (χ2v) is 6.29. The van der Waals surface area contributed by atoms with Crippen LogP contribution in [0.15, 0.2) is 0 Å². The van der Waals surface area contributed by atoms with Gasteiger partial charge in [-0.25, -0.2) is 0 Å². The van der Waals surface area contributed by atoms with Crippen LogP contribution >= 0.6 is 11.6 Å². The van der Waals surface area contributed by atoms with Crippen LogP contribution in [0.4, 0.5) is 0 Å². The highest BCUT2D eigenvalue weighted by molar-refractivity contribution is 6.21. The molecule has 2 aliphatic rings. The molecule has 0 radical (unpaired) electrons. The molecule has 0 bridgehead atoms. The Morgan fingerprint density at radius 2 is 1.67 bits per heavy atom. The maximum Gasteiger partial charge on any atom is 0.0658 e. The van der Waals surface area contributed by atoms with Crippen molar-refractivity contribution in [3.63, 3.8) is 0 Å². The third-order valence-corrected chi connectivity index (χ3v) is 4.96. The third kappa shape index (κ3) is 2.50. The summed E-state index contributed by atoms with van der Waals surface area (Å²) < 4.78 is 6.21. The van der Waals surface area contributed by atoms with Crippen molar-refractivity contribution in [3.05, 3.63) is 0 Å². The molecule has 0 aromatic rings. The summed E-state index contributed by atoms with van der Waals surface area (Å²) in [5, 5.41) is 0.313. The lowest BCUT2D eigenvalue weighted by atomic mass is 9.68. The predicted octanol–water partition coefficient (Wildman–Crippen LogP) is 4.13. The first-order valence-corrected chi connectivity index (χ1v) is 6.84. The van der Waals surface area contributed by atoms with Crippen LogP contribution in [0.25, 0.3) is 0 Å². The predicted molar refractivity (Wildman–Crippen MR) is 64.4 cm³/mol. The SMILES string of the molecule is CC1(C)C(Cl)CC1OC1CCCCCC1. The maximum atomic E-state index is 6.21. The Labute approximate surface area is 98.5 Å². The van der Waals surface area contributed by atoms with E-state index < -0.39 is 0 Å². The van der Waals surface area contributed by atoms with E-state index in [1.165, 1.54) is 38.5 Å². The van der Waals surface area contributed by atoms with Crippen molar-refractivity contribution < 1.29 is 4.74 Å². The highest BCUT2D eigenvalue weighted by Gasteiger charge is 2.48. The second-order valence-electron chi connectivity index (χ2n) is 5.76. The molecule has 2 fully saturated rings. The van der Waals surface area contributed by atoms with E-state index in [0.29, 0.717) is 17.6 Å². The van der Waals surface area contributed by atoms with Crippen LogP contribution in [0.1, 0.15) is 58.8 Å². The quantitative estimate of drug-likeness (QED) is 0.512. The minimum atomic E-state index is 0.188. The normalized spacial score (nSPS) is 37.0. The fourth-order valence-corrected chi connectivity index (χ4v) is 2.98. The van der Waals surface area contributed by atoms with E-state index >= 15 is 0 Å². The molecule has 2 rings (SSSR count). The monoisotopic (exact) mass is 230 g/mol. The lowest BCUT2D eigenvalue weighted by Gasteiger charge is -2.49. The molecule has 0 aromatic carbocycles. The largest absolute Gasteiger partial charge is 0.374 e. The van der Waals surface area contributed by atoms with Gasteiger partial charge in [0.1, 0.15) is 0 Å². The number of halogens is 1. The van der Waals surface area contributed by atoms with Crippen molar-refractivity contribution >= 4 is 11.6 Å². The van der Waals surface area contributed by atoms with Gasteiger partial charge in [0, 0.05) is 10.8 Å². The van der Waals surface area contributed by atoms with Crippen molar-refractivity contribution in [1.29, 1.82) is 0 Å². The third-order valence-electron chi connectivity index (χ3n) is 4.22.